The van der Waals surface area contributed by atoms with Gasteiger partial charge in [-0.15, -0.1) is 0 Å². The molecule has 33 heavy (non-hydrogen) atoms. The minimum absolute atomic E-state index is 0.114. The molecule has 2 aliphatic rings. The van der Waals surface area contributed by atoms with Crippen molar-refractivity contribution in [3.8, 4) is 0 Å². The molecule has 1 aromatic heterocycles. The summed E-state index contributed by atoms with van der Waals surface area (Å²) in [6.07, 6.45) is 5.32. The number of hydrogen-bond donors (Lipinski definition) is 2. The second-order valence-corrected chi connectivity index (χ2v) is 8.09. The number of aromatic nitrogens is 1. The van der Waals surface area contributed by atoms with Crippen molar-refractivity contribution in [1.82, 2.24) is 4.98 Å². The van der Waals surface area contributed by atoms with E-state index in [9.17, 15) is 18.4 Å². The Kier molecular flexibility index (Phi) is 5.42. The van der Waals surface area contributed by atoms with E-state index in [1.807, 2.05) is 6.07 Å². The summed E-state index contributed by atoms with van der Waals surface area (Å²) in [4.78, 5) is 33.2. The fourth-order valence-corrected chi connectivity index (χ4v) is 4.39. The summed E-state index contributed by atoms with van der Waals surface area (Å²) >= 11 is 0. The molecular formula is C25H20F2N4O2. The highest BCUT2D eigenvalue weighted by Gasteiger charge is 2.30. The highest BCUT2D eigenvalue weighted by molar-refractivity contribution is 6.04. The van der Waals surface area contributed by atoms with Gasteiger partial charge in [0, 0.05) is 22.8 Å². The number of carbonyl (C=O) groups excluding carboxylic acids is 2. The maximum atomic E-state index is 13.9. The average molecular weight is 446 g/mol. The Morgan fingerprint density at radius 3 is 2.61 bits per heavy atom. The summed E-state index contributed by atoms with van der Waals surface area (Å²) in [6.45, 7) is 0. The highest BCUT2D eigenvalue weighted by atomic mass is 19.2. The van der Waals surface area contributed by atoms with Crippen LogP contribution in [-0.4, -0.2) is 16.8 Å². The van der Waals surface area contributed by atoms with Gasteiger partial charge in [-0.3, -0.25) is 9.59 Å². The quantitative estimate of drug-likeness (QED) is 0.638. The Morgan fingerprint density at radius 1 is 1.00 bits per heavy atom. The van der Waals surface area contributed by atoms with Gasteiger partial charge < -0.3 is 10.6 Å². The smallest absolute Gasteiger partial charge is 0.258 e. The lowest BCUT2D eigenvalue weighted by molar-refractivity contribution is -0.120. The van der Waals surface area contributed by atoms with Gasteiger partial charge in [0.25, 0.3) is 11.8 Å². The zero-order valence-corrected chi connectivity index (χ0v) is 17.6. The van der Waals surface area contributed by atoms with Crippen LogP contribution in [0, 0.1) is 17.6 Å². The topological polar surface area (TPSA) is 83.5 Å². The van der Waals surface area contributed by atoms with Crippen LogP contribution in [0.25, 0.3) is 5.57 Å². The molecule has 2 N–H and O–H groups in total. The molecule has 0 saturated heterocycles. The maximum absolute atomic E-state index is 13.9. The highest BCUT2D eigenvalue weighted by Crippen LogP contribution is 2.32. The zero-order chi connectivity index (χ0) is 22.9. The van der Waals surface area contributed by atoms with Crippen molar-refractivity contribution in [2.24, 2.45) is 10.9 Å². The first kappa shape index (κ1) is 20.9. The van der Waals surface area contributed by atoms with Crippen molar-refractivity contribution in [3.63, 3.8) is 0 Å². The zero-order valence-electron chi connectivity index (χ0n) is 17.6. The number of carbonyl (C=O) groups is 2. The van der Waals surface area contributed by atoms with Crippen LogP contribution in [0.15, 0.2) is 59.7 Å². The molecule has 1 unspecified atom stereocenters. The van der Waals surface area contributed by atoms with Gasteiger partial charge in [0.15, 0.2) is 17.1 Å². The fraction of sp³-hybridized carbons (Fsp3) is 0.200. The van der Waals surface area contributed by atoms with Crippen LogP contribution < -0.4 is 21.3 Å². The molecule has 0 radical (unpaired) electrons. The Morgan fingerprint density at radius 2 is 1.79 bits per heavy atom. The monoisotopic (exact) mass is 446 g/mol. The molecule has 5 rings (SSSR count). The SMILES string of the molecule is O=C(Nc1ccc(Nc2ccnc3c2=C2CCCCC2C(=O)N=3)cc1)c1cccc(F)c1F. The van der Waals surface area contributed by atoms with Crippen LogP contribution in [0.2, 0.25) is 0 Å². The molecule has 0 spiro atoms. The Bertz CT molecular complexity index is 1390. The summed E-state index contributed by atoms with van der Waals surface area (Å²) in [5.41, 5.74) is 3.18. The fourth-order valence-electron chi connectivity index (χ4n) is 4.39. The van der Waals surface area contributed by atoms with Crippen molar-refractivity contribution in [2.45, 2.75) is 25.7 Å². The Hall–Kier alpha value is -3.94. The number of rotatable bonds is 4. The minimum atomic E-state index is -1.18. The van der Waals surface area contributed by atoms with Gasteiger partial charge in [0.05, 0.1) is 17.2 Å². The second-order valence-electron chi connectivity index (χ2n) is 8.09. The predicted octanol–water partition coefficient (Wildman–Crippen LogP) is 3.86. The van der Waals surface area contributed by atoms with Crippen molar-refractivity contribution in [3.05, 3.63) is 82.6 Å². The van der Waals surface area contributed by atoms with Crippen molar-refractivity contribution in [1.29, 1.82) is 0 Å². The molecule has 1 saturated carbocycles. The lowest BCUT2D eigenvalue weighted by Gasteiger charge is -2.25. The van der Waals surface area contributed by atoms with E-state index in [1.165, 1.54) is 12.1 Å². The third-order valence-electron chi connectivity index (χ3n) is 5.99. The van der Waals surface area contributed by atoms with Crippen LogP contribution >= 0.6 is 0 Å². The van der Waals surface area contributed by atoms with Crippen LogP contribution in [0.4, 0.5) is 25.8 Å². The standard InChI is InChI=1S/C25H20F2N4O2/c26-19-7-3-6-18(22(19)27)25(33)30-15-10-8-14(9-11-15)29-20-12-13-28-23-21(20)16-4-1-2-5-17(16)24(32)31-23/h3,6-13,17,29H,1-2,4-5H2,(H,30,33). The number of benzene rings is 2. The van der Waals surface area contributed by atoms with E-state index in [4.69, 9.17) is 0 Å². The number of halogens is 2. The van der Waals surface area contributed by atoms with Gasteiger partial charge in [-0.25, -0.2) is 13.8 Å². The second kappa shape index (κ2) is 8.54. The summed E-state index contributed by atoms with van der Waals surface area (Å²) in [7, 11) is 0. The van der Waals surface area contributed by atoms with Gasteiger partial charge in [-0.05, 0) is 67.3 Å². The third kappa shape index (κ3) is 4.00. The van der Waals surface area contributed by atoms with Crippen LogP contribution in [0.5, 0.6) is 0 Å². The molecule has 2 amide bonds. The molecule has 1 atom stereocenters. The molecule has 8 heteroatoms. The first-order valence-corrected chi connectivity index (χ1v) is 10.7. The van der Waals surface area contributed by atoms with E-state index < -0.39 is 17.5 Å². The number of amides is 2. The first-order chi connectivity index (χ1) is 16.0. The normalized spacial score (nSPS) is 17.0. The van der Waals surface area contributed by atoms with Gasteiger partial charge in [0.2, 0.25) is 0 Å². The molecule has 6 nitrogen and oxygen atoms in total. The third-order valence-corrected chi connectivity index (χ3v) is 5.99. The number of anilines is 3. The number of nitrogens with zero attached hydrogens (tertiary/aromatic N) is 2. The van der Waals surface area contributed by atoms with E-state index >= 15 is 0 Å². The molecule has 2 aromatic carbocycles. The van der Waals surface area contributed by atoms with Gasteiger partial charge >= 0.3 is 0 Å². The van der Waals surface area contributed by atoms with Crippen molar-refractivity contribution < 1.29 is 18.4 Å². The minimum Gasteiger partial charge on any atom is -0.355 e. The van der Waals surface area contributed by atoms with Gasteiger partial charge in [-0.2, -0.15) is 4.99 Å². The van der Waals surface area contributed by atoms with Crippen molar-refractivity contribution in [2.75, 3.05) is 10.6 Å². The molecule has 1 aliphatic heterocycles. The number of hydrogen-bond acceptors (Lipinski definition) is 4. The van der Waals surface area contributed by atoms with E-state index in [0.29, 0.717) is 11.2 Å². The average Bonchev–Trinajstić information content (AvgIpc) is 2.82. The van der Waals surface area contributed by atoms with Crippen LogP contribution in [0.1, 0.15) is 36.0 Å². The molecular weight excluding hydrogens is 426 g/mol. The molecule has 166 valence electrons. The molecule has 3 aromatic rings. The number of pyridine rings is 1. The largest absolute Gasteiger partial charge is 0.355 e. The lowest BCUT2D eigenvalue weighted by atomic mass is 9.81. The first-order valence-electron chi connectivity index (χ1n) is 10.7. The molecule has 1 aliphatic carbocycles. The summed E-state index contributed by atoms with van der Waals surface area (Å²) in [6, 6.07) is 12.2. The summed E-state index contributed by atoms with van der Waals surface area (Å²) < 4.78 is 27.2. The lowest BCUT2D eigenvalue weighted by Crippen LogP contribution is -2.41. The van der Waals surface area contributed by atoms with Crippen LogP contribution in [0.3, 0.4) is 0 Å². The van der Waals surface area contributed by atoms with E-state index in [2.05, 4.69) is 20.6 Å². The molecule has 1 fully saturated rings. The van der Waals surface area contributed by atoms with E-state index in [-0.39, 0.29) is 17.4 Å². The van der Waals surface area contributed by atoms with Gasteiger partial charge in [-0.1, -0.05) is 12.5 Å². The predicted molar refractivity (Wildman–Crippen MR) is 119 cm³/mol. The maximum Gasteiger partial charge on any atom is 0.258 e. The Labute approximate surface area is 188 Å². The van der Waals surface area contributed by atoms with E-state index in [1.54, 1.807) is 30.5 Å². The Balaban J connectivity index is 1.40. The number of nitrogens with one attached hydrogen (secondary N) is 2. The van der Waals surface area contributed by atoms with Crippen molar-refractivity contribution >= 4 is 34.4 Å². The molecule has 2 heterocycles. The van der Waals surface area contributed by atoms with Crippen LogP contribution in [-0.2, 0) is 4.79 Å². The summed E-state index contributed by atoms with van der Waals surface area (Å²) in [5.74, 6) is -3.28. The summed E-state index contributed by atoms with van der Waals surface area (Å²) in [5, 5.41) is 6.81. The van der Waals surface area contributed by atoms with Gasteiger partial charge in [0.1, 0.15) is 0 Å². The number of fused-ring (bicyclic) bond motifs is 2. The molecule has 0 bridgehead atoms. The van der Waals surface area contributed by atoms with E-state index in [0.717, 1.165) is 53.9 Å².